The summed E-state index contributed by atoms with van der Waals surface area (Å²) in [6.45, 7) is 0. The van der Waals surface area contributed by atoms with Gasteiger partial charge in [0.25, 0.3) is 0 Å². The molecule has 0 spiro atoms. The smallest absolute Gasteiger partial charge is 0.142 e. The summed E-state index contributed by atoms with van der Waals surface area (Å²) in [4.78, 5) is 8.60. The SMILES string of the molecule is C1=COOC=C1.Cl.Cl. The van der Waals surface area contributed by atoms with Crippen LogP contribution in [0.25, 0.3) is 0 Å². The first-order chi connectivity index (χ1) is 3.00. The molecule has 4 heteroatoms. The summed E-state index contributed by atoms with van der Waals surface area (Å²) in [5, 5.41) is 0. The molecule has 1 aliphatic heterocycles. The van der Waals surface area contributed by atoms with Crippen LogP contribution in [0.2, 0.25) is 0 Å². The van der Waals surface area contributed by atoms with E-state index in [4.69, 9.17) is 0 Å². The van der Waals surface area contributed by atoms with Gasteiger partial charge in [-0.1, -0.05) is 0 Å². The Morgan fingerprint density at radius 1 is 0.750 bits per heavy atom. The highest BCUT2D eigenvalue weighted by atomic mass is 35.5. The van der Waals surface area contributed by atoms with E-state index in [1.165, 1.54) is 12.5 Å². The van der Waals surface area contributed by atoms with Gasteiger partial charge in [0.15, 0.2) is 0 Å². The first-order valence-corrected chi connectivity index (χ1v) is 1.64. The molecule has 0 aromatic heterocycles. The Morgan fingerprint density at radius 2 is 1.12 bits per heavy atom. The summed E-state index contributed by atoms with van der Waals surface area (Å²) in [5.74, 6) is 0. The summed E-state index contributed by atoms with van der Waals surface area (Å²) in [6.07, 6.45) is 6.40. The maximum atomic E-state index is 4.30. The molecule has 0 saturated heterocycles. The molecule has 0 bridgehead atoms. The molecule has 0 aromatic rings. The van der Waals surface area contributed by atoms with Crippen molar-refractivity contribution in [2.75, 3.05) is 0 Å². The van der Waals surface area contributed by atoms with Gasteiger partial charge in [-0.25, -0.2) is 0 Å². The molecule has 1 rings (SSSR count). The van der Waals surface area contributed by atoms with Gasteiger partial charge in [-0.3, -0.25) is 9.78 Å². The van der Waals surface area contributed by atoms with Gasteiger partial charge in [0.1, 0.15) is 12.5 Å². The van der Waals surface area contributed by atoms with E-state index in [-0.39, 0.29) is 24.8 Å². The topological polar surface area (TPSA) is 18.5 Å². The Bertz CT molecular complexity index is 78.0. The molecule has 0 aromatic carbocycles. The van der Waals surface area contributed by atoms with Crippen molar-refractivity contribution < 1.29 is 9.78 Å². The van der Waals surface area contributed by atoms with Crippen LogP contribution >= 0.6 is 24.8 Å². The molecular weight excluding hydrogens is 151 g/mol. The van der Waals surface area contributed by atoms with E-state index in [1.54, 1.807) is 12.2 Å². The fourth-order valence-corrected chi connectivity index (χ4v) is 0.219. The Balaban J connectivity index is 0. The largest absolute Gasteiger partial charge is 0.299 e. The molecule has 8 heavy (non-hydrogen) atoms. The highest BCUT2D eigenvalue weighted by Crippen LogP contribution is 1.89. The minimum atomic E-state index is 0. The van der Waals surface area contributed by atoms with Gasteiger partial charge < -0.3 is 0 Å². The van der Waals surface area contributed by atoms with Gasteiger partial charge in [-0.2, -0.15) is 0 Å². The van der Waals surface area contributed by atoms with Gasteiger partial charge in [-0.15, -0.1) is 24.8 Å². The average Bonchev–Trinajstić information content (AvgIpc) is 1.72. The average molecular weight is 157 g/mol. The molecule has 0 N–H and O–H groups in total. The van der Waals surface area contributed by atoms with Gasteiger partial charge in [0.2, 0.25) is 0 Å². The third-order valence-corrected chi connectivity index (χ3v) is 0.435. The van der Waals surface area contributed by atoms with Crippen LogP contribution in [0.4, 0.5) is 0 Å². The van der Waals surface area contributed by atoms with E-state index in [0.29, 0.717) is 0 Å². The monoisotopic (exact) mass is 156 g/mol. The molecule has 1 heterocycles. The van der Waals surface area contributed by atoms with Crippen molar-refractivity contribution in [3.8, 4) is 0 Å². The van der Waals surface area contributed by atoms with E-state index in [0.717, 1.165) is 0 Å². The van der Waals surface area contributed by atoms with E-state index in [1.807, 2.05) is 0 Å². The Labute approximate surface area is 59.9 Å². The van der Waals surface area contributed by atoms with Gasteiger partial charge in [-0.05, 0) is 12.2 Å². The molecule has 0 fully saturated rings. The molecule has 0 unspecified atom stereocenters. The summed E-state index contributed by atoms with van der Waals surface area (Å²) in [6, 6.07) is 0. The number of allylic oxidation sites excluding steroid dienone is 2. The predicted molar refractivity (Wildman–Crippen MR) is 34.9 cm³/mol. The molecular formula is C4H6Cl2O2. The highest BCUT2D eigenvalue weighted by molar-refractivity contribution is 5.85. The van der Waals surface area contributed by atoms with Crippen molar-refractivity contribution in [3.63, 3.8) is 0 Å². The van der Waals surface area contributed by atoms with Crippen molar-refractivity contribution in [3.05, 3.63) is 24.7 Å². The second-order valence-corrected chi connectivity index (χ2v) is 0.850. The first-order valence-electron chi connectivity index (χ1n) is 1.64. The Hall–Kier alpha value is -0.340. The lowest BCUT2D eigenvalue weighted by Gasteiger charge is -1.94. The molecule has 0 aliphatic carbocycles. The number of hydrogen-bond donors (Lipinski definition) is 0. The van der Waals surface area contributed by atoms with Crippen LogP contribution in [0.15, 0.2) is 24.7 Å². The van der Waals surface area contributed by atoms with Crippen molar-refractivity contribution in [2.24, 2.45) is 0 Å². The molecule has 0 amide bonds. The van der Waals surface area contributed by atoms with Crippen molar-refractivity contribution in [2.45, 2.75) is 0 Å². The summed E-state index contributed by atoms with van der Waals surface area (Å²) in [7, 11) is 0. The Kier molecular flexibility index (Phi) is 8.83. The Morgan fingerprint density at radius 3 is 1.25 bits per heavy atom. The molecule has 1 aliphatic rings. The van der Waals surface area contributed by atoms with Crippen LogP contribution in [-0.4, -0.2) is 0 Å². The van der Waals surface area contributed by atoms with Crippen molar-refractivity contribution in [1.82, 2.24) is 0 Å². The lowest BCUT2D eigenvalue weighted by Crippen LogP contribution is -1.78. The van der Waals surface area contributed by atoms with E-state index < -0.39 is 0 Å². The normalized spacial score (nSPS) is 12.0. The quantitative estimate of drug-likeness (QED) is 0.499. The third kappa shape index (κ3) is 3.84. The lowest BCUT2D eigenvalue weighted by molar-refractivity contribution is -0.198. The van der Waals surface area contributed by atoms with E-state index >= 15 is 0 Å². The highest BCUT2D eigenvalue weighted by Gasteiger charge is 1.75. The van der Waals surface area contributed by atoms with Crippen molar-refractivity contribution in [1.29, 1.82) is 0 Å². The zero-order valence-electron chi connectivity index (χ0n) is 3.94. The fourth-order valence-electron chi connectivity index (χ4n) is 0.219. The maximum absolute atomic E-state index is 4.30. The summed E-state index contributed by atoms with van der Waals surface area (Å²) in [5.41, 5.74) is 0. The van der Waals surface area contributed by atoms with Gasteiger partial charge >= 0.3 is 0 Å². The number of hydrogen-bond acceptors (Lipinski definition) is 2. The molecule has 48 valence electrons. The second-order valence-electron chi connectivity index (χ2n) is 0.850. The zero-order chi connectivity index (χ0) is 4.24. The minimum Gasteiger partial charge on any atom is -0.299 e. The lowest BCUT2D eigenvalue weighted by atomic mass is 10.6. The first kappa shape index (κ1) is 10.6. The second kappa shape index (κ2) is 6.66. The van der Waals surface area contributed by atoms with Gasteiger partial charge in [0, 0.05) is 0 Å². The van der Waals surface area contributed by atoms with E-state index in [9.17, 15) is 0 Å². The standard InChI is InChI=1S/C4H4O2.2ClH/c1-2-4-6-5-3-1;;/h1-4H;2*1H. The zero-order valence-corrected chi connectivity index (χ0v) is 5.58. The van der Waals surface area contributed by atoms with E-state index in [2.05, 4.69) is 9.78 Å². The predicted octanol–water partition coefficient (Wildman–Crippen LogP) is 1.82. The molecule has 2 nitrogen and oxygen atoms in total. The van der Waals surface area contributed by atoms with Crippen LogP contribution in [0.3, 0.4) is 0 Å². The van der Waals surface area contributed by atoms with Crippen LogP contribution in [-0.2, 0) is 9.78 Å². The summed E-state index contributed by atoms with van der Waals surface area (Å²) < 4.78 is 0. The van der Waals surface area contributed by atoms with Crippen molar-refractivity contribution >= 4 is 24.8 Å². The molecule has 0 atom stereocenters. The fraction of sp³-hybridized carbons (Fsp3) is 0. The number of halogens is 2. The third-order valence-electron chi connectivity index (χ3n) is 0.435. The van der Waals surface area contributed by atoms with Crippen LogP contribution in [0, 0.1) is 0 Å². The number of rotatable bonds is 0. The summed E-state index contributed by atoms with van der Waals surface area (Å²) >= 11 is 0. The maximum Gasteiger partial charge on any atom is 0.142 e. The van der Waals surface area contributed by atoms with Crippen LogP contribution < -0.4 is 0 Å². The van der Waals surface area contributed by atoms with Gasteiger partial charge in [0.05, 0.1) is 0 Å². The molecule has 0 radical (unpaired) electrons. The van der Waals surface area contributed by atoms with Crippen LogP contribution in [0.5, 0.6) is 0 Å². The molecule has 0 saturated carbocycles. The van der Waals surface area contributed by atoms with Crippen LogP contribution in [0.1, 0.15) is 0 Å². The minimum absolute atomic E-state index is 0.